The predicted molar refractivity (Wildman–Crippen MR) is 148 cm³/mol. The predicted octanol–water partition coefficient (Wildman–Crippen LogP) is 6.08. The third-order valence-electron chi connectivity index (χ3n) is 6.31. The van der Waals surface area contributed by atoms with Crippen molar-refractivity contribution in [3.63, 3.8) is 0 Å². The van der Waals surface area contributed by atoms with Crippen LogP contribution in [0.4, 0.5) is 10.1 Å². The first-order chi connectivity index (χ1) is 19.2. The molecule has 6 heterocycles. The molecule has 0 spiro atoms. The number of aromatic amines is 2. The maximum Gasteiger partial charge on any atom is 0.255 e. The van der Waals surface area contributed by atoms with Crippen LogP contribution in [-0.2, 0) is 0 Å². The quantitative estimate of drug-likeness (QED) is 0.247. The monoisotopic (exact) mass is 532 g/mol. The maximum absolute atomic E-state index is 16.1. The Balaban J connectivity index is 1.29. The molecule has 3 N–H and O–H groups in total. The van der Waals surface area contributed by atoms with Crippen LogP contribution in [0.15, 0.2) is 84.1 Å². The molecule has 0 saturated heterocycles. The number of fused-ring (bicyclic) bond motifs is 2. The molecule has 39 heavy (non-hydrogen) atoms. The summed E-state index contributed by atoms with van der Waals surface area (Å²) in [6.07, 6.45) is 6.14. The van der Waals surface area contributed by atoms with Gasteiger partial charge < -0.3 is 10.3 Å². The highest BCUT2D eigenvalue weighted by atomic mass is 32.1. The molecule has 11 heteroatoms. The Morgan fingerprint density at radius 3 is 2.69 bits per heavy atom. The van der Waals surface area contributed by atoms with E-state index in [2.05, 4.69) is 35.5 Å². The van der Waals surface area contributed by atoms with Crippen LogP contribution in [0.25, 0.3) is 56.0 Å². The molecule has 7 rings (SSSR count). The number of carbonyl (C=O) groups excluding carboxylic acids is 1. The number of amides is 1. The van der Waals surface area contributed by atoms with Crippen LogP contribution in [0.1, 0.15) is 10.4 Å². The summed E-state index contributed by atoms with van der Waals surface area (Å²) in [6.45, 7) is 0. The standard InChI is InChI=1S/C28H17FN8OS/c29-22-20(17-10-18(12-30-11-17)33-28(38)15-4-2-1-3-5-15)13-32-25-21(22)24(36-37-25)27-34-23-19(16-7-9-39-14-16)6-8-31-26(23)35-27/h1-14H,(H,33,38)(H,31,34,35)(H,32,36,37). The van der Waals surface area contributed by atoms with Gasteiger partial charge in [-0.3, -0.25) is 14.9 Å². The number of H-pyrrole nitrogens is 2. The summed E-state index contributed by atoms with van der Waals surface area (Å²) < 4.78 is 16.1. The lowest BCUT2D eigenvalue weighted by molar-refractivity contribution is 0.102. The lowest BCUT2D eigenvalue weighted by atomic mass is 10.1. The molecule has 0 unspecified atom stereocenters. The van der Waals surface area contributed by atoms with Gasteiger partial charge in [-0.15, -0.1) is 0 Å². The van der Waals surface area contributed by atoms with E-state index < -0.39 is 5.82 Å². The van der Waals surface area contributed by atoms with Crippen molar-refractivity contribution in [2.24, 2.45) is 0 Å². The minimum absolute atomic E-state index is 0.183. The molecule has 0 fully saturated rings. The summed E-state index contributed by atoms with van der Waals surface area (Å²) in [5, 5.41) is 14.1. The van der Waals surface area contributed by atoms with Gasteiger partial charge >= 0.3 is 0 Å². The number of halogens is 1. The fraction of sp³-hybridized carbons (Fsp3) is 0. The van der Waals surface area contributed by atoms with Crippen molar-refractivity contribution in [3.05, 3.63) is 95.5 Å². The van der Waals surface area contributed by atoms with Crippen LogP contribution < -0.4 is 5.32 Å². The molecule has 0 radical (unpaired) electrons. The molecule has 0 aliphatic carbocycles. The Labute approximate surface area is 223 Å². The van der Waals surface area contributed by atoms with E-state index in [4.69, 9.17) is 4.98 Å². The first kappa shape index (κ1) is 22.9. The van der Waals surface area contributed by atoms with Crippen molar-refractivity contribution in [2.75, 3.05) is 5.32 Å². The number of pyridine rings is 3. The van der Waals surface area contributed by atoms with Crippen LogP contribution in [0.2, 0.25) is 0 Å². The maximum atomic E-state index is 16.1. The van der Waals surface area contributed by atoms with Crippen molar-refractivity contribution in [2.45, 2.75) is 0 Å². The molecular weight excluding hydrogens is 515 g/mol. The number of rotatable bonds is 5. The molecule has 188 valence electrons. The minimum Gasteiger partial charge on any atom is -0.321 e. The highest BCUT2D eigenvalue weighted by Gasteiger charge is 2.22. The highest BCUT2D eigenvalue weighted by Crippen LogP contribution is 2.34. The van der Waals surface area contributed by atoms with Crippen LogP contribution in [-0.4, -0.2) is 41.0 Å². The summed E-state index contributed by atoms with van der Waals surface area (Å²) in [4.78, 5) is 33.5. The van der Waals surface area contributed by atoms with Gasteiger partial charge in [0.25, 0.3) is 5.91 Å². The average molecular weight is 533 g/mol. The lowest BCUT2D eigenvalue weighted by Crippen LogP contribution is -2.11. The Morgan fingerprint density at radius 1 is 0.949 bits per heavy atom. The van der Waals surface area contributed by atoms with Crippen LogP contribution in [0.5, 0.6) is 0 Å². The van der Waals surface area contributed by atoms with Gasteiger partial charge in [0.2, 0.25) is 0 Å². The van der Waals surface area contributed by atoms with E-state index in [0.29, 0.717) is 33.8 Å². The number of imidazole rings is 1. The van der Waals surface area contributed by atoms with Crippen LogP contribution in [0.3, 0.4) is 0 Å². The molecule has 0 bridgehead atoms. The van der Waals surface area contributed by atoms with E-state index in [1.54, 1.807) is 47.9 Å². The fourth-order valence-corrected chi connectivity index (χ4v) is 5.10. The second-order valence-corrected chi connectivity index (χ2v) is 9.50. The van der Waals surface area contributed by atoms with Gasteiger partial charge in [-0.05, 0) is 46.7 Å². The minimum atomic E-state index is -0.538. The van der Waals surface area contributed by atoms with Crippen molar-refractivity contribution >= 4 is 45.1 Å². The summed E-state index contributed by atoms with van der Waals surface area (Å²) in [6, 6.07) is 14.4. The molecule has 6 aromatic heterocycles. The molecule has 0 aliphatic heterocycles. The zero-order valence-electron chi connectivity index (χ0n) is 20.0. The van der Waals surface area contributed by atoms with E-state index in [1.807, 2.05) is 29.0 Å². The second-order valence-electron chi connectivity index (χ2n) is 8.72. The summed E-state index contributed by atoms with van der Waals surface area (Å²) in [7, 11) is 0. The number of nitrogens with zero attached hydrogens (tertiary/aromatic N) is 5. The first-order valence-corrected chi connectivity index (χ1v) is 12.8. The van der Waals surface area contributed by atoms with Gasteiger partial charge in [0, 0.05) is 40.8 Å². The Hall–Kier alpha value is -5.29. The van der Waals surface area contributed by atoms with Crippen LogP contribution >= 0.6 is 11.3 Å². The molecule has 1 aromatic carbocycles. The molecule has 9 nitrogen and oxygen atoms in total. The van der Waals surface area contributed by atoms with E-state index in [9.17, 15) is 4.79 Å². The molecule has 7 aromatic rings. The Morgan fingerprint density at radius 2 is 1.85 bits per heavy atom. The van der Waals surface area contributed by atoms with E-state index in [0.717, 1.165) is 11.1 Å². The molecule has 0 atom stereocenters. The fourth-order valence-electron chi connectivity index (χ4n) is 4.45. The number of hydrogen-bond acceptors (Lipinski definition) is 7. The van der Waals surface area contributed by atoms with E-state index in [1.165, 1.54) is 18.6 Å². The zero-order valence-corrected chi connectivity index (χ0v) is 20.8. The zero-order chi connectivity index (χ0) is 26.3. The third kappa shape index (κ3) is 4.01. The SMILES string of the molecule is O=C(Nc1cncc(-c2cnc3[nH]nc(-c4nc5c(-c6ccsc6)ccnc5[nH]4)c3c2F)c1)c1ccccc1. The van der Waals surface area contributed by atoms with Gasteiger partial charge in [0.1, 0.15) is 17.0 Å². The smallest absolute Gasteiger partial charge is 0.255 e. The van der Waals surface area contributed by atoms with Gasteiger partial charge in [0.05, 0.1) is 17.3 Å². The molecule has 0 aliphatic rings. The Bertz CT molecular complexity index is 1980. The van der Waals surface area contributed by atoms with Gasteiger partial charge in [-0.1, -0.05) is 18.2 Å². The van der Waals surface area contributed by atoms with Crippen molar-refractivity contribution < 1.29 is 9.18 Å². The number of benzene rings is 1. The number of anilines is 1. The number of thiophene rings is 1. The number of aromatic nitrogens is 7. The van der Waals surface area contributed by atoms with E-state index in [-0.39, 0.29) is 28.2 Å². The highest BCUT2D eigenvalue weighted by molar-refractivity contribution is 7.08. The van der Waals surface area contributed by atoms with Gasteiger partial charge in [-0.25, -0.2) is 19.3 Å². The summed E-state index contributed by atoms with van der Waals surface area (Å²) in [5.74, 6) is -0.462. The first-order valence-electron chi connectivity index (χ1n) is 11.9. The second kappa shape index (κ2) is 9.23. The molecule has 0 saturated carbocycles. The summed E-state index contributed by atoms with van der Waals surface area (Å²) >= 11 is 1.59. The topological polar surface area (TPSA) is 125 Å². The average Bonchev–Trinajstić information content (AvgIpc) is 3.73. The Kier molecular flexibility index (Phi) is 5.41. The van der Waals surface area contributed by atoms with Gasteiger partial charge in [-0.2, -0.15) is 16.4 Å². The lowest BCUT2D eigenvalue weighted by Gasteiger charge is -2.08. The normalized spacial score (nSPS) is 11.3. The van der Waals surface area contributed by atoms with Crippen molar-refractivity contribution in [3.8, 4) is 33.8 Å². The molecular formula is C28H17FN8OS. The number of carbonyl (C=O) groups is 1. The van der Waals surface area contributed by atoms with E-state index >= 15 is 4.39 Å². The number of hydrogen-bond donors (Lipinski definition) is 3. The molecule has 1 amide bonds. The van der Waals surface area contributed by atoms with Gasteiger partial charge in [0.15, 0.2) is 17.1 Å². The van der Waals surface area contributed by atoms with Crippen molar-refractivity contribution in [1.82, 2.24) is 35.1 Å². The third-order valence-corrected chi connectivity index (χ3v) is 6.99. The summed E-state index contributed by atoms with van der Waals surface area (Å²) in [5.41, 5.74) is 5.33. The van der Waals surface area contributed by atoms with Crippen molar-refractivity contribution in [1.29, 1.82) is 0 Å². The number of nitrogens with one attached hydrogen (secondary N) is 3. The van der Waals surface area contributed by atoms with Crippen LogP contribution in [0, 0.1) is 5.82 Å². The largest absolute Gasteiger partial charge is 0.321 e.